The monoisotopic (exact) mass is 438 g/mol. The molecule has 1 fully saturated rings. The van der Waals surface area contributed by atoms with Gasteiger partial charge in [0.25, 0.3) is 0 Å². The van der Waals surface area contributed by atoms with Crippen LogP contribution in [0.2, 0.25) is 0 Å². The van der Waals surface area contributed by atoms with Crippen molar-refractivity contribution in [3.63, 3.8) is 0 Å². The fourth-order valence-corrected chi connectivity index (χ4v) is 6.40. The molecule has 8 heteroatoms. The lowest BCUT2D eigenvalue weighted by Crippen LogP contribution is -2.48. The third-order valence-corrected chi connectivity index (χ3v) is 8.29. The van der Waals surface area contributed by atoms with E-state index in [0.717, 1.165) is 36.2 Å². The number of para-hydroxylation sites is 1. The second kappa shape index (κ2) is 7.92. The average molecular weight is 439 g/mol. The number of halogens is 1. The Bertz CT molecular complexity index is 1180. The fraction of sp³-hybridized carbons (Fsp3) is 0.304. The topological polar surface area (TPSA) is 66.4 Å². The first-order valence-electron chi connectivity index (χ1n) is 10.5. The number of hydrogen-bond donors (Lipinski definition) is 0. The summed E-state index contributed by atoms with van der Waals surface area (Å²) in [5, 5.41) is 8.12. The predicted molar refractivity (Wildman–Crippen MR) is 119 cm³/mol. The molecule has 2 aliphatic heterocycles. The zero-order valence-corrected chi connectivity index (χ0v) is 17.8. The number of sulfonamides is 1. The maximum absolute atomic E-state index is 13.4. The van der Waals surface area contributed by atoms with Gasteiger partial charge in [-0.25, -0.2) is 12.8 Å². The van der Waals surface area contributed by atoms with E-state index in [4.69, 9.17) is 0 Å². The molecular weight excluding hydrogens is 415 g/mol. The van der Waals surface area contributed by atoms with Crippen LogP contribution in [0.25, 0.3) is 11.3 Å². The first-order chi connectivity index (χ1) is 15.0. The number of hydrogen-bond acceptors (Lipinski definition) is 5. The van der Waals surface area contributed by atoms with Crippen molar-refractivity contribution in [3.8, 4) is 11.3 Å². The first kappa shape index (κ1) is 19.9. The molecule has 0 spiro atoms. The van der Waals surface area contributed by atoms with Gasteiger partial charge in [0.05, 0.1) is 16.6 Å². The van der Waals surface area contributed by atoms with Crippen LogP contribution in [0.5, 0.6) is 0 Å². The zero-order valence-electron chi connectivity index (χ0n) is 17.0. The standard InChI is InChI=1S/C23H23FN4O2S/c24-19-9-7-17(8-10-19)21-11-12-23(26-25-21)27-14-3-5-20(16-27)31(29,30)28-15-13-18-4-1-2-6-22(18)28/h1-2,4,6-12,20H,3,5,13-16H2. The Morgan fingerprint density at radius 2 is 1.74 bits per heavy atom. The molecule has 0 bridgehead atoms. The van der Waals surface area contributed by atoms with Gasteiger partial charge in [-0.3, -0.25) is 4.31 Å². The molecule has 0 saturated carbocycles. The molecule has 1 atom stereocenters. The molecule has 5 rings (SSSR count). The van der Waals surface area contributed by atoms with Crippen molar-refractivity contribution in [2.75, 3.05) is 28.8 Å². The summed E-state index contributed by atoms with van der Waals surface area (Å²) >= 11 is 0. The average Bonchev–Trinajstić information content (AvgIpc) is 3.25. The van der Waals surface area contributed by atoms with Gasteiger partial charge >= 0.3 is 0 Å². The Morgan fingerprint density at radius 1 is 0.935 bits per heavy atom. The van der Waals surface area contributed by atoms with E-state index in [1.807, 2.05) is 41.3 Å². The van der Waals surface area contributed by atoms with E-state index in [2.05, 4.69) is 10.2 Å². The lowest BCUT2D eigenvalue weighted by Gasteiger charge is -2.35. The second-order valence-corrected chi connectivity index (χ2v) is 10.1. The molecule has 3 heterocycles. The zero-order chi connectivity index (χ0) is 21.4. The molecule has 160 valence electrons. The summed E-state index contributed by atoms with van der Waals surface area (Å²) in [6.45, 7) is 1.64. The summed E-state index contributed by atoms with van der Waals surface area (Å²) in [7, 11) is -3.46. The van der Waals surface area contributed by atoms with Crippen molar-refractivity contribution in [2.45, 2.75) is 24.5 Å². The Hall–Kier alpha value is -3.00. The normalized spacial score (nSPS) is 18.8. The van der Waals surface area contributed by atoms with E-state index in [-0.39, 0.29) is 5.82 Å². The highest BCUT2D eigenvalue weighted by atomic mass is 32.2. The fourth-order valence-electron chi connectivity index (χ4n) is 4.41. The van der Waals surface area contributed by atoms with Crippen molar-refractivity contribution in [2.24, 2.45) is 0 Å². The molecule has 0 aliphatic carbocycles. The third kappa shape index (κ3) is 3.76. The van der Waals surface area contributed by atoms with E-state index in [1.165, 1.54) is 12.1 Å². The number of benzene rings is 2. The Balaban J connectivity index is 1.34. The molecule has 0 amide bonds. The van der Waals surface area contributed by atoms with Gasteiger partial charge in [0.2, 0.25) is 10.0 Å². The molecule has 1 unspecified atom stereocenters. The number of aromatic nitrogens is 2. The molecule has 0 radical (unpaired) electrons. The quantitative estimate of drug-likeness (QED) is 0.622. The van der Waals surface area contributed by atoms with Crippen LogP contribution in [0, 0.1) is 5.82 Å². The molecule has 1 aromatic heterocycles. The van der Waals surface area contributed by atoms with Gasteiger partial charge in [-0.2, -0.15) is 0 Å². The van der Waals surface area contributed by atoms with Crippen LogP contribution < -0.4 is 9.21 Å². The molecule has 2 aliphatic rings. The number of nitrogens with zero attached hydrogens (tertiary/aromatic N) is 4. The SMILES string of the molecule is O=S(=O)(C1CCCN(c2ccc(-c3ccc(F)cc3)nn2)C1)N1CCc2ccccc21. The summed E-state index contributed by atoms with van der Waals surface area (Å²) in [5.74, 6) is 0.363. The van der Waals surface area contributed by atoms with Crippen LogP contribution in [0.4, 0.5) is 15.9 Å². The van der Waals surface area contributed by atoms with Crippen molar-refractivity contribution in [1.82, 2.24) is 10.2 Å². The summed E-state index contributed by atoms with van der Waals surface area (Å²) in [4.78, 5) is 2.00. The molecule has 1 saturated heterocycles. The van der Waals surface area contributed by atoms with Crippen LogP contribution in [0.15, 0.2) is 60.7 Å². The van der Waals surface area contributed by atoms with Crippen LogP contribution in [0.1, 0.15) is 18.4 Å². The molecule has 6 nitrogen and oxygen atoms in total. The Labute approximate surface area is 181 Å². The van der Waals surface area contributed by atoms with Gasteiger partial charge in [0.1, 0.15) is 5.82 Å². The predicted octanol–water partition coefficient (Wildman–Crippen LogP) is 3.64. The molecule has 2 aromatic carbocycles. The minimum Gasteiger partial charge on any atom is -0.354 e. The van der Waals surface area contributed by atoms with E-state index >= 15 is 0 Å². The maximum Gasteiger partial charge on any atom is 0.239 e. The van der Waals surface area contributed by atoms with Crippen molar-refractivity contribution in [3.05, 3.63) is 72.0 Å². The lowest BCUT2D eigenvalue weighted by molar-refractivity contribution is 0.526. The van der Waals surface area contributed by atoms with Crippen LogP contribution in [-0.4, -0.2) is 43.5 Å². The van der Waals surface area contributed by atoms with Gasteiger partial charge in [-0.15, -0.1) is 10.2 Å². The highest BCUT2D eigenvalue weighted by Gasteiger charge is 2.38. The molecule has 31 heavy (non-hydrogen) atoms. The molecule has 3 aromatic rings. The summed E-state index contributed by atoms with van der Waals surface area (Å²) < 4.78 is 41.6. The number of fused-ring (bicyclic) bond motifs is 1. The summed E-state index contributed by atoms with van der Waals surface area (Å²) in [5.41, 5.74) is 3.33. The van der Waals surface area contributed by atoms with Gasteiger partial charge < -0.3 is 4.90 Å². The minimum atomic E-state index is -3.46. The van der Waals surface area contributed by atoms with Crippen LogP contribution >= 0.6 is 0 Å². The van der Waals surface area contributed by atoms with Gasteiger partial charge in [0, 0.05) is 25.2 Å². The summed E-state index contributed by atoms with van der Waals surface area (Å²) in [6, 6.07) is 17.5. The minimum absolute atomic E-state index is 0.297. The van der Waals surface area contributed by atoms with E-state index in [0.29, 0.717) is 31.0 Å². The van der Waals surface area contributed by atoms with Crippen molar-refractivity contribution >= 4 is 21.5 Å². The van der Waals surface area contributed by atoms with E-state index in [9.17, 15) is 12.8 Å². The first-order valence-corrected chi connectivity index (χ1v) is 12.0. The smallest absolute Gasteiger partial charge is 0.239 e. The van der Waals surface area contributed by atoms with E-state index < -0.39 is 15.3 Å². The summed E-state index contributed by atoms with van der Waals surface area (Å²) in [6.07, 6.45) is 2.17. The Morgan fingerprint density at radius 3 is 2.52 bits per heavy atom. The number of rotatable bonds is 4. The third-order valence-electron chi connectivity index (χ3n) is 6.07. The highest BCUT2D eigenvalue weighted by Crippen LogP contribution is 2.33. The maximum atomic E-state index is 13.4. The van der Waals surface area contributed by atoms with Crippen molar-refractivity contribution in [1.29, 1.82) is 0 Å². The highest BCUT2D eigenvalue weighted by molar-refractivity contribution is 7.93. The lowest BCUT2D eigenvalue weighted by atomic mass is 10.1. The van der Waals surface area contributed by atoms with Gasteiger partial charge in [-0.05, 0) is 67.3 Å². The largest absolute Gasteiger partial charge is 0.354 e. The van der Waals surface area contributed by atoms with Gasteiger partial charge in [-0.1, -0.05) is 18.2 Å². The molecular formula is C23H23FN4O2S. The van der Waals surface area contributed by atoms with Crippen molar-refractivity contribution < 1.29 is 12.8 Å². The van der Waals surface area contributed by atoms with Crippen LogP contribution in [0.3, 0.4) is 0 Å². The molecule has 0 N–H and O–H groups in total. The number of anilines is 2. The number of piperidine rings is 1. The Kier molecular flexibility index (Phi) is 5.09. The van der Waals surface area contributed by atoms with Crippen LogP contribution in [-0.2, 0) is 16.4 Å². The van der Waals surface area contributed by atoms with E-state index in [1.54, 1.807) is 16.4 Å². The van der Waals surface area contributed by atoms with Gasteiger partial charge in [0.15, 0.2) is 5.82 Å². The second-order valence-electron chi connectivity index (χ2n) is 7.99.